The second-order valence-corrected chi connectivity index (χ2v) is 2.96. The second kappa shape index (κ2) is 3.42. The lowest BCUT2D eigenvalue weighted by Crippen LogP contribution is -2.45. The van der Waals surface area contributed by atoms with Gasteiger partial charge in [0.25, 0.3) is 0 Å². The Kier molecular flexibility index (Phi) is 2.52. The summed E-state index contributed by atoms with van der Waals surface area (Å²) in [5, 5.41) is 5.06. The summed E-state index contributed by atoms with van der Waals surface area (Å²) in [5.41, 5.74) is 0. The van der Waals surface area contributed by atoms with Crippen molar-refractivity contribution in [3.05, 3.63) is 0 Å². The first-order valence-corrected chi connectivity index (χ1v) is 3.83. The zero-order valence-electron chi connectivity index (χ0n) is 7.09. The molecule has 1 saturated heterocycles. The molecule has 1 heterocycles. The molecule has 0 aromatic rings. The van der Waals surface area contributed by atoms with Crippen LogP contribution in [-0.2, 0) is 9.53 Å². The van der Waals surface area contributed by atoms with Gasteiger partial charge in [-0.1, -0.05) is 0 Å². The molecule has 12 heavy (non-hydrogen) atoms. The predicted octanol–water partition coefficient (Wildman–Crippen LogP) is -0.381. The zero-order valence-corrected chi connectivity index (χ0v) is 7.09. The van der Waals surface area contributed by atoms with E-state index < -0.39 is 12.1 Å². The lowest BCUT2D eigenvalue weighted by atomic mass is 10.3. The van der Waals surface area contributed by atoms with Crippen LogP contribution in [0.2, 0.25) is 0 Å². The van der Waals surface area contributed by atoms with Crippen molar-refractivity contribution in [2.24, 2.45) is 0 Å². The maximum atomic E-state index is 11.2. The molecule has 0 radical (unpaired) electrons. The molecule has 1 rings (SSSR count). The van der Waals surface area contributed by atoms with Gasteiger partial charge in [0, 0.05) is 6.04 Å². The molecule has 2 N–H and O–H groups in total. The zero-order chi connectivity index (χ0) is 9.14. The molecule has 1 aliphatic rings. The molecular weight excluding hydrogens is 160 g/mol. The topological polar surface area (TPSA) is 67.4 Å². The largest absolute Gasteiger partial charge is 0.447 e. The normalized spacial score (nSPS) is 21.9. The van der Waals surface area contributed by atoms with Gasteiger partial charge in [0.2, 0.25) is 5.91 Å². The average molecular weight is 172 g/mol. The van der Waals surface area contributed by atoms with E-state index in [2.05, 4.69) is 15.4 Å². The molecular formula is C7H12N2O3. The summed E-state index contributed by atoms with van der Waals surface area (Å²) in [4.78, 5) is 21.7. The fraction of sp³-hybridized carbons (Fsp3) is 0.714. The minimum Gasteiger partial charge on any atom is -0.447 e. The first-order valence-electron chi connectivity index (χ1n) is 3.83. The highest BCUT2D eigenvalue weighted by molar-refractivity contribution is 5.87. The molecule has 0 aliphatic carbocycles. The lowest BCUT2D eigenvalue weighted by Gasteiger charge is -2.11. The molecule has 5 nitrogen and oxygen atoms in total. The quantitative estimate of drug-likeness (QED) is 0.596. The van der Waals surface area contributed by atoms with E-state index in [0.717, 1.165) is 0 Å². The van der Waals surface area contributed by atoms with Gasteiger partial charge in [0.1, 0.15) is 12.6 Å². The van der Waals surface area contributed by atoms with Gasteiger partial charge in [-0.2, -0.15) is 0 Å². The van der Waals surface area contributed by atoms with E-state index in [1.165, 1.54) is 0 Å². The summed E-state index contributed by atoms with van der Waals surface area (Å²) in [5.74, 6) is -0.198. The summed E-state index contributed by atoms with van der Waals surface area (Å²) in [7, 11) is 0. The standard InChI is InChI=1S/C7H12N2O3/c1-4(2)8-6(10)5-3-12-7(11)9-5/h4-5H,3H2,1-2H3,(H,8,10)(H,9,11). The van der Waals surface area contributed by atoms with Crippen LogP contribution >= 0.6 is 0 Å². The van der Waals surface area contributed by atoms with E-state index in [9.17, 15) is 9.59 Å². The number of rotatable bonds is 2. The summed E-state index contributed by atoms with van der Waals surface area (Å²) in [6.45, 7) is 3.84. The Hall–Kier alpha value is -1.26. The van der Waals surface area contributed by atoms with Crippen LogP contribution in [0.5, 0.6) is 0 Å². The molecule has 5 heteroatoms. The van der Waals surface area contributed by atoms with Crippen LogP contribution in [0, 0.1) is 0 Å². The fourth-order valence-corrected chi connectivity index (χ4v) is 0.911. The van der Waals surface area contributed by atoms with Crippen LogP contribution in [0.3, 0.4) is 0 Å². The average Bonchev–Trinajstić information content (AvgIpc) is 2.34. The van der Waals surface area contributed by atoms with Crippen LogP contribution in [0.4, 0.5) is 4.79 Å². The van der Waals surface area contributed by atoms with Crippen molar-refractivity contribution >= 4 is 12.0 Å². The summed E-state index contributed by atoms with van der Waals surface area (Å²) >= 11 is 0. The molecule has 1 atom stereocenters. The molecule has 1 fully saturated rings. The minimum absolute atomic E-state index is 0.0787. The molecule has 0 bridgehead atoms. The van der Waals surface area contributed by atoms with E-state index >= 15 is 0 Å². The molecule has 0 aromatic carbocycles. The Labute approximate surface area is 70.5 Å². The highest BCUT2D eigenvalue weighted by Gasteiger charge is 2.28. The Bertz CT molecular complexity index is 203. The van der Waals surface area contributed by atoms with Gasteiger partial charge >= 0.3 is 6.09 Å². The molecule has 0 aromatic heterocycles. The molecule has 2 amide bonds. The van der Waals surface area contributed by atoms with Gasteiger partial charge in [-0.3, -0.25) is 4.79 Å². The van der Waals surface area contributed by atoms with Crippen molar-refractivity contribution in [1.29, 1.82) is 0 Å². The highest BCUT2D eigenvalue weighted by atomic mass is 16.6. The summed E-state index contributed by atoms with van der Waals surface area (Å²) in [6.07, 6.45) is -0.529. The fourth-order valence-electron chi connectivity index (χ4n) is 0.911. The number of carbonyl (C=O) groups excluding carboxylic acids is 2. The monoisotopic (exact) mass is 172 g/mol. The van der Waals surface area contributed by atoms with E-state index in [4.69, 9.17) is 0 Å². The van der Waals surface area contributed by atoms with Crippen molar-refractivity contribution in [3.63, 3.8) is 0 Å². The van der Waals surface area contributed by atoms with E-state index in [-0.39, 0.29) is 18.6 Å². The van der Waals surface area contributed by atoms with Crippen LogP contribution in [0.25, 0.3) is 0 Å². The number of cyclic esters (lactones) is 1. The number of hydrogen-bond donors (Lipinski definition) is 2. The number of ether oxygens (including phenoxy) is 1. The van der Waals surface area contributed by atoms with Crippen molar-refractivity contribution in [3.8, 4) is 0 Å². The number of carbonyl (C=O) groups is 2. The molecule has 68 valence electrons. The van der Waals surface area contributed by atoms with Gasteiger partial charge < -0.3 is 15.4 Å². The maximum absolute atomic E-state index is 11.2. The SMILES string of the molecule is CC(C)NC(=O)C1COC(=O)N1. The van der Waals surface area contributed by atoms with Gasteiger partial charge in [-0.25, -0.2) is 4.79 Å². The van der Waals surface area contributed by atoms with Crippen molar-refractivity contribution < 1.29 is 14.3 Å². The first kappa shape index (κ1) is 8.83. The Morgan fingerprint density at radius 3 is 2.83 bits per heavy atom. The van der Waals surface area contributed by atoms with E-state index in [1.54, 1.807) is 0 Å². The molecule has 0 saturated carbocycles. The number of hydrogen-bond acceptors (Lipinski definition) is 3. The van der Waals surface area contributed by atoms with Crippen molar-refractivity contribution in [2.45, 2.75) is 25.9 Å². The van der Waals surface area contributed by atoms with Gasteiger partial charge in [-0.15, -0.1) is 0 Å². The molecule has 1 unspecified atom stereocenters. The Morgan fingerprint density at radius 1 is 1.75 bits per heavy atom. The van der Waals surface area contributed by atoms with Gasteiger partial charge in [0.05, 0.1) is 0 Å². The van der Waals surface area contributed by atoms with Gasteiger partial charge in [-0.05, 0) is 13.8 Å². The van der Waals surface area contributed by atoms with E-state index in [0.29, 0.717) is 0 Å². The minimum atomic E-state index is -0.529. The van der Waals surface area contributed by atoms with Crippen LogP contribution in [0.15, 0.2) is 0 Å². The predicted molar refractivity (Wildman–Crippen MR) is 41.6 cm³/mol. The third-order valence-corrected chi connectivity index (χ3v) is 1.42. The van der Waals surface area contributed by atoms with Crippen LogP contribution in [-0.4, -0.2) is 30.7 Å². The highest BCUT2D eigenvalue weighted by Crippen LogP contribution is 1.97. The molecule has 0 spiro atoms. The Balaban J connectivity index is 2.38. The third-order valence-electron chi connectivity index (χ3n) is 1.42. The lowest BCUT2D eigenvalue weighted by molar-refractivity contribution is -0.123. The van der Waals surface area contributed by atoms with Crippen LogP contribution < -0.4 is 10.6 Å². The van der Waals surface area contributed by atoms with Crippen molar-refractivity contribution in [1.82, 2.24) is 10.6 Å². The van der Waals surface area contributed by atoms with E-state index in [1.807, 2.05) is 13.8 Å². The summed E-state index contributed by atoms with van der Waals surface area (Å²) in [6, 6.07) is -0.449. The number of alkyl carbamates (subject to hydrolysis) is 1. The molecule has 1 aliphatic heterocycles. The van der Waals surface area contributed by atoms with Gasteiger partial charge in [0.15, 0.2) is 0 Å². The summed E-state index contributed by atoms with van der Waals surface area (Å²) < 4.78 is 4.56. The number of nitrogens with one attached hydrogen (secondary N) is 2. The smallest absolute Gasteiger partial charge is 0.407 e. The number of amides is 2. The third kappa shape index (κ3) is 2.11. The Morgan fingerprint density at radius 2 is 2.42 bits per heavy atom. The van der Waals surface area contributed by atoms with Crippen LogP contribution in [0.1, 0.15) is 13.8 Å². The first-order chi connectivity index (χ1) is 5.59. The maximum Gasteiger partial charge on any atom is 0.407 e. The second-order valence-electron chi connectivity index (χ2n) is 2.96. The van der Waals surface area contributed by atoms with Crippen molar-refractivity contribution in [2.75, 3.05) is 6.61 Å².